The molecule has 2 rings (SSSR count). The van der Waals surface area contributed by atoms with Crippen molar-refractivity contribution >= 4 is 5.91 Å². The lowest BCUT2D eigenvalue weighted by Crippen LogP contribution is -2.31. The summed E-state index contributed by atoms with van der Waals surface area (Å²) < 4.78 is 5.11. The van der Waals surface area contributed by atoms with Gasteiger partial charge in [-0.2, -0.15) is 0 Å². The minimum absolute atomic E-state index is 0.100. The predicted molar refractivity (Wildman–Crippen MR) is 89.2 cm³/mol. The van der Waals surface area contributed by atoms with Crippen LogP contribution in [0.5, 0.6) is 5.75 Å². The van der Waals surface area contributed by atoms with Crippen LogP contribution in [-0.2, 0) is 11.2 Å². The minimum Gasteiger partial charge on any atom is -0.497 e. The van der Waals surface area contributed by atoms with Gasteiger partial charge in [-0.05, 0) is 63.0 Å². The zero-order valence-electron chi connectivity index (χ0n) is 13.6. The Labute approximate surface area is 133 Å². The average molecular weight is 304 g/mol. The molecule has 1 amide bonds. The van der Waals surface area contributed by atoms with Crippen LogP contribution >= 0.6 is 0 Å². The van der Waals surface area contributed by atoms with E-state index in [1.165, 1.54) is 45.3 Å². The van der Waals surface area contributed by atoms with Crippen molar-refractivity contribution in [2.45, 2.75) is 38.5 Å². The monoisotopic (exact) mass is 304 g/mol. The topological polar surface area (TPSA) is 41.6 Å². The van der Waals surface area contributed by atoms with Crippen molar-refractivity contribution in [1.82, 2.24) is 10.2 Å². The number of hydrogen-bond acceptors (Lipinski definition) is 3. The number of piperidine rings is 1. The number of benzene rings is 1. The van der Waals surface area contributed by atoms with Gasteiger partial charge in [-0.3, -0.25) is 4.79 Å². The minimum atomic E-state index is 0.100. The van der Waals surface area contributed by atoms with E-state index in [4.69, 9.17) is 4.74 Å². The van der Waals surface area contributed by atoms with E-state index in [1.54, 1.807) is 7.11 Å². The molecule has 1 saturated heterocycles. The van der Waals surface area contributed by atoms with Gasteiger partial charge in [0.05, 0.1) is 13.5 Å². The maximum atomic E-state index is 11.9. The van der Waals surface area contributed by atoms with Gasteiger partial charge in [0, 0.05) is 6.54 Å². The normalized spacial score (nSPS) is 15.5. The number of likely N-dealkylation sites (tertiary alicyclic amines) is 1. The van der Waals surface area contributed by atoms with Gasteiger partial charge in [0.2, 0.25) is 5.91 Å². The number of rotatable bonds is 8. The number of amides is 1. The van der Waals surface area contributed by atoms with Gasteiger partial charge in [0.25, 0.3) is 0 Å². The van der Waals surface area contributed by atoms with Gasteiger partial charge in [-0.15, -0.1) is 0 Å². The van der Waals surface area contributed by atoms with Crippen molar-refractivity contribution in [3.05, 3.63) is 29.8 Å². The van der Waals surface area contributed by atoms with E-state index >= 15 is 0 Å². The first-order valence-corrected chi connectivity index (χ1v) is 8.40. The second-order valence-electron chi connectivity index (χ2n) is 5.98. The number of ether oxygens (including phenoxy) is 1. The van der Waals surface area contributed by atoms with Crippen LogP contribution in [0.4, 0.5) is 0 Å². The van der Waals surface area contributed by atoms with E-state index in [1.807, 2.05) is 24.3 Å². The number of nitrogens with zero attached hydrogens (tertiary/aromatic N) is 1. The van der Waals surface area contributed by atoms with Crippen molar-refractivity contribution in [1.29, 1.82) is 0 Å². The molecule has 1 N–H and O–H groups in total. The molecule has 4 heteroatoms. The van der Waals surface area contributed by atoms with Crippen LogP contribution in [0.15, 0.2) is 24.3 Å². The van der Waals surface area contributed by atoms with Crippen LogP contribution in [0, 0.1) is 0 Å². The number of unbranched alkanes of at least 4 members (excludes halogenated alkanes) is 1. The highest BCUT2D eigenvalue weighted by molar-refractivity contribution is 5.78. The summed E-state index contributed by atoms with van der Waals surface area (Å²) in [6, 6.07) is 7.66. The quantitative estimate of drug-likeness (QED) is 0.751. The summed E-state index contributed by atoms with van der Waals surface area (Å²) in [6.07, 6.45) is 6.75. The number of carbonyl (C=O) groups excluding carboxylic acids is 1. The summed E-state index contributed by atoms with van der Waals surface area (Å²) in [5.74, 6) is 0.921. The Hall–Kier alpha value is -1.55. The smallest absolute Gasteiger partial charge is 0.224 e. The van der Waals surface area contributed by atoms with E-state index in [-0.39, 0.29) is 5.91 Å². The second-order valence-corrected chi connectivity index (χ2v) is 5.98. The van der Waals surface area contributed by atoms with Crippen LogP contribution in [-0.4, -0.2) is 44.1 Å². The average Bonchev–Trinajstić information content (AvgIpc) is 2.56. The molecule has 0 unspecified atom stereocenters. The highest BCUT2D eigenvalue weighted by atomic mass is 16.5. The largest absolute Gasteiger partial charge is 0.497 e. The van der Waals surface area contributed by atoms with Crippen LogP contribution in [0.1, 0.15) is 37.7 Å². The summed E-state index contributed by atoms with van der Waals surface area (Å²) in [4.78, 5) is 14.4. The molecule has 122 valence electrons. The number of hydrogen-bond donors (Lipinski definition) is 1. The fourth-order valence-corrected chi connectivity index (χ4v) is 2.86. The fourth-order valence-electron chi connectivity index (χ4n) is 2.86. The molecule has 4 nitrogen and oxygen atoms in total. The Morgan fingerprint density at radius 1 is 1.14 bits per heavy atom. The molecule has 0 spiro atoms. The fraction of sp³-hybridized carbons (Fsp3) is 0.611. The maximum Gasteiger partial charge on any atom is 0.224 e. The summed E-state index contributed by atoms with van der Waals surface area (Å²) in [6.45, 7) is 4.46. The van der Waals surface area contributed by atoms with Crippen molar-refractivity contribution in [2.24, 2.45) is 0 Å². The Morgan fingerprint density at radius 3 is 2.55 bits per heavy atom. The molecule has 22 heavy (non-hydrogen) atoms. The molecule has 1 fully saturated rings. The standard InChI is InChI=1S/C18H28N2O2/c1-22-17-9-7-16(8-10-17)15-18(21)19-11-3-6-14-20-12-4-2-5-13-20/h7-10H,2-6,11-15H2,1H3,(H,19,21). The molecule has 0 atom stereocenters. The summed E-state index contributed by atoms with van der Waals surface area (Å²) in [5.41, 5.74) is 1.02. The Morgan fingerprint density at radius 2 is 1.86 bits per heavy atom. The maximum absolute atomic E-state index is 11.9. The third-order valence-corrected chi connectivity index (χ3v) is 4.20. The van der Waals surface area contributed by atoms with Gasteiger partial charge < -0.3 is 15.0 Å². The van der Waals surface area contributed by atoms with Crippen LogP contribution in [0.3, 0.4) is 0 Å². The molecule has 1 aliphatic rings. The first-order valence-electron chi connectivity index (χ1n) is 8.40. The van der Waals surface area contributed by atoms with Crippen molar-refractivity contribution in [3.8, 4) is 5.75 Å². The molecule has 0 aromatic heterocycles. The Balaban J connectivity index is 1.55. The van der Waals surface area contributed by atoms with Gasteiger partial charge in [-0.1, -0.05) is 18.6 Å². The molecule has 1 aliphatic heterocycles. The van der Waals surface area contributed by atoms with E-state index in [0.29, 0.717) is 6.42 Å². The lowest BCUT2D eigenvalue weighted by atomic mass is 10.1. The highest BCUT2D eigenvalue weighted by Gasteiger charge is 2.09. The van der Waals surface area contributed by atoms with Crippen LogP contribution in [0.2, 0.25) is 0 Å². The highest BCUT2D eigenvalue weighted by Crippen LogP contribution is 2.11. The van der Waals surface area contributed by atoms with Crippen molar-refractivity contribution in [3.63, 3.8) is 0 Å². The third kappa shape index (κ3) is 6.06. The predicted octanol–water partition coefficient (Wildman–Crippen LogP) is 2.62. The molecule has 0 saturated carbocycles. The molecule has 1 aromatic rings. The molecule has 0 bridgehead atoms. The van der Waals surface area contributed by atoms with Gasteiger partial charge in [-0.25, -0.2) is 0 Å². The summed E-state index contributed by atoms with van der Waals surface area (Å²) in [5, 5.41) is 3.01. The lowest BCUT2D eigenvalue weighted by molar-refractivity contribution is -0.120. The first-order chi connectivity index (χ1) is 10.8. The number of carbonyl (C=O) groups is 1. The molecule has 1 aromatic carbocycles. The molecular formula is C18H28N2O2. The number of nitrogens with one attached hydrogen (secondary N) is 1. The molecule has 1 heterocycles. The third-order valence-electron chi connectivity index (χ3n) is 4.20. The van der Waals surface area contributed by atoms with Crippen molar-refractivity contribution < 1.29 is 9.53 Å². The van der Waals surface area contributed by atoms with E-state index in [0.717, 1.165) is 24.3 Å². The number of methoxy groups -OCH3 is 1. The molecular weight excluding hydrogens is 276 g/mol. The SMILES string of the molecule is COc1ccc(CC(=O)NCCCCN2CCCCC2)cc1. The molecule has 0 aliphatic carbocycles. The lowest BCUT2D eigenvalue weighted by Gasteiger charge is -2.26. The zero-order valence-corrected chi connectivity index (χ0v) is 13.6. The van der Waals surface area contributed by atoms with Crippen LogP contribution < -0.4 is 10.1 Å². The van der Waals surface area contributed by atoms with Gasteiger partial charge >= 0.3 is 0 Å². The van der Waals surface area contributed by atoms with Gasteiger partial charge in [0.1, 0.15) is 5.75 Å². The van der Waals surface area contributed by atoms with Gasteiger partial charge in [0.15, 0.2) is 0 Å². The zero-order chi connectivity index (χ0) is 15.6. The Bertz CT molecular complexity index is 439. The summed E-state index contributed by atoms with van der Waals surface area (Å²) in [7, 11) is 1.64. The van der Waals surface area contributed by atoms with E-state index < -0.39 is 0 Å². The second kappa shape index (κ2) is 9.46. The van der Waals surface area contributed by atoms with E-state index in [2.05, 4.69) is 10.2 Å². The Kier molecular flexibility index (Phi) is 7.23. The van der Waals surface area contributed by atoms with Crippen LogP contribution in [0.25, 0.3) is 0 Å². The van der Waals surface area contributed by atoms with E-state index in [9.17, 15) is 4.79 Å². The summed E-state index contributed by atoms with van der Waals surface area (Å²) >= 11 is 0. The first kappa shape index (κ1) is 16.8. The van der Waals surface area contributed by atoms with Crippen molar-refractivity contribution in [2.75, 3.05) is 33.3 Å². The molecule has 0 radical (unpaired) electrons.